The summed E-state index contributed by atoms with van der Waals surface area (Å²) in [5.41, 5.74) is 3.89. The molecule has 2 aromatic carbocycles. The number of benzene rings is 2. The first-order valence-corrected chi connectivity index (χ1v) is 6.77. The molecule has 100 valence electrons. The molecule has 0 radical (unpaired) electrons. The summed E-state index contributed by atoms with van der Waals surface area (Å²) in [6.45, 7) is 5.13. The van der Waals surface area contributed by atoms with Crippen LogP contribution in [0.2, 0.25) is 0 Å². The summed E-state index contributed by atoms with van der Waals surface area (Å²) in [6.07, 6.45) is 0. The number of nitrogens with one attached hydrogen (secondary N) is 1. The molecule has 2 aromatic rings. The van der Waals surface area contributed by atoms with Crippen LogP contribution in [0, 0.1) is 6.92 Å². The first-order valence-electron chi connectivity index (χ1n) is 6.77. The van der Waals surface area contributed by atoms with Gasteiger partial charge in [-0.1, -0.05) is 48.0 Å². The fourth-order valence-electron chi connectivity index (χ4n) is 2.15. The molecule has 0 aliphatic heterocycles. The van der Waals surface area contributed by atoms with Crippen LogP contribution in [0.25, 0.3) is 0 Å². The highest BCUT2D eigenvalue weighted by Gasteiger charge is 2.00. The maximum absolute atomic E-state index is 3.43. The summed E-state index contributed by atoms with van der Waals surface area (Å²) in [5.74, 6) is 0. The van der Waals surface area contributed by atoms with Crippen molar-refractivity contribution in [2.24, 2.45) is 0 Å². The van der Waals surface area contributed by atoms with Crippen LogP contribution in [0.15, 0.2) is 54.6 Å². The molecule has 2 rings (SSSR count). The van der Waals surface area contributed by atoms with Crippen LogP contribution in [0.1, 0.15) is 11.1 Å². The van der Waals surface area contributed by atoms with E-state index in [1.54, 1.807) is 0 Å². The van der Waals surface area contributed by atoms with Gasteiger partial charge in [0, 0.05) is 25.3 Å². The van der Waals surface area contributed by atoms with Crippen LogP contribution < -0.4 is 5.32 Å². The number of aryl methyl sites for hydroxylation is 1. The van der Waals surface area contributed by atoms with Crippen molar-refractivity contribution in [3.63, 3.8) is 0 Å². The zero-order valence-corrected chi connectivity index (χ0v) is 11.8. The third kappa shape index (κ3) is 4.76. The minimum atomic E-state index is 0.965. The van der Waals surface area contributed by atoms with Gasteiger partial charge < -0.3 is 10.2 Å². The first-order chi connectivity index (χ1) is 9.24. The molecule has 0 aliphatic carbocycles. The topological polar surface area (TPSA) is 15.3 Å². The number of hydrogen-bond acceptors (Lipinski definition) is 2. The Kier molecular flexibility index (Phi) is 4.99. The largest absolute Gasteiger partial charge is 0.384 e. The Hall–Kier alpha value is -1.80. The van der Waals surface area contributed by atoms with Crippen molar-refractivity contribution in [2.75, 3.05) is 25.5 Å². The second-order valence-electron chi connectivity index (χ2n) is 5.02. The monoisotopic (exact) mass is 254 g/mol. The van der Waals surface area contributed by atoms with Crippen LogP contribution in [0.5, 0.6) is 0 Å². The molecule has 0 atom stereocenters. The van der Waals surface area contributed by atoms with Crippen LogP contribution >= 0.6 is 0 Å². The predicted molar refractivity (Wildman–Crippen MR) is 82.4 cm³/mol. The summed E-state index contributed by atoms with van der Waals surface area (Å²) in [7, 11) is 2.16. The van der Waals surface area contributed by atoms with Gasteiger partial charge >= 0.3 is 0 Å². The minimum Gasteiger partial charge on any atom is -0.384 e. The maximum atomic E-state index is 3.43. The van der Waals surface area contributed by atoms with Crippen molar-refractivity contribution < 1.29 is 0 Å². The molecule has 0 aliphatic rings. The van der Waals surface area contributed by atoms with Gasteiger partial charge in [-0.05, 0) is 31.7 Å². The van der Waals surface area contributed by atoms with Crippen molar-refractivity contribution in [1.82, 2.24) is 4.90 Å². The van der Waals surface area contributed by atoms with E-state index in [2.05, 4.69) is 72.7 Å². The quantitative estimate of drug-likeness (QED) is 0.848. The average Bonchev–Trinajstić information content (AvgIpc) is 2.40. The highest BCUT2D eigenvalue weighted by atomic mass is 15.1. The van der Waals surface area contributed by atoms with Crippen molar-refractivity contribution in [3.05, 3.63) is 65.7 Å². The fourth-order valence-corrected chi connectivity index (χ4v) is 2.15. The molecule has 1 N–H and O–H groups in total. The molecule has 2 heteroatoms. The van der Waals surface area contributed by atoms with E-state index < -0.39 is 0 Å². The Morgan fingerprint density at radius 1 is 1.00 bits per heavy atom. The molecular weight excluding hydrogens is 232 g/mol. The molecule has 0 amide bonds. The Morgan fingerprint density at radius 2 is 1.79 bits per heavy atom. The van der Waals surface area contributed by atoms with Crippen molar-refractivity contribution in [3.8, 4) is 0 Å². The average molecular weight is 254 g/mol. The van der Waals surface area contributed by atoms with Gasteiger partial charge in [-0.2, -0.15) is 0 Å². The highest BCUT2D eigenvalue weighted by molar-refractivity contribution is 5.42. The van der Waals surface area contributed by atoms with E-state index in [9.17, 15) is 0 Å². The second-order valence-corrected chi connectivity index (χ2v) is 5.02. The van der Waals surface area contributed by atoms with Crippen LogP contribution in [-0.4, -0.2) is 25.0 Å². The van der Waals surface area contributed by atoms with Crippen molar-refractivity contribution >= 4 is 5.69 Å². The Morgan fingerprint density at radius 3 is 2.53 bits per heavy atom. The normalized spacial score (nSPS) is 10.7. The Balaban J connectivity index is 1.74. The SMILES string of the molecule is Cc1cccc(CN(C)CCNc2ccccc2)c1. The molecule has 0 heterocycles. The van der Waals surface area contributed by atoms with Crippen LogP contribution in [-0.2, 0) is 6.54 Å². The van der Waals surface area contributed by atoms with E-state index in [0.29, 0.717) is 0 Å². The van der Waals surface area contributed by atoms with Gasteiger partial charge in [-0.25, -0.2) is 0 Å². The molecule has 2 nitrogen and oxygen atoms in total. The van der Waals surface area contributed by atoms with E-state index in [4.69, 9.17) is 0 Å². The smallest absolute Gasteiger partial charge is 0.0340 e. The highest BCUT2D eigenvalue weighted by Crippen LogP contribution is 2.07. The summed E-state index contributed by atoms with van der Waals surface area (Å²) in [5, 5.41) is 3.43. The number of para-hydroxylation sites is 1. The van der Waals surface area contributed by atoms with Crippen molar-refractivity contribution in [1.29, 1.82) is 0 Å². The van der Waals surface area contributed by atoms with Crippen LogP contribution in [0.4, 0.5) is 5.69 Å². The Labute approximate surface area is 116 Å². The fraction of sp³-hybridized carbons (Fsp3) is 0.294. The minimum absolute atomic E-state index is 0.965. The van der Waals surface area contributed by atoms with Gasteiger partial charge in [0.15, 0.2) is 0 Å². The number of likely N-dealkylation sites (N-methyl/N-ethyl adjacent to an activating group) is 1. The standard InChI is InChI=1S/C17H22N2/c1-15-7-6-8-16(13-15)14-19(2)12-11-18-17-9-4-3-5-10-17/h3-10,13,18H,11-12,14H2,1-2H3. The van der Waals surface area contributed by atoms with E-state index in [1.807, 2.05) is 6.07 Å². The van der Waals surface area contributed by atoms with E-state index in [0.717, 1.165) is 19.6 Å². The van der Waals surface area contributed by atoms with Crippen molar-refractivity contribution in [2.45, 2.75) is 13.5 Å². The van der Waals surface area contributed by atoms with Gasteiger partial charge in [0.25, 0.3) is 0 Å². The van der Waals surface area contributed by atoms with Crippen LogP contribution in [0.3, 0.4) is 0 Å². The number of rotatable bonds is 6. The number of hydrogen-bond donors (Lipinski definition) is 1. The summed E-state index contributed by atoms with van der Waals surface area (Å²) < 4.78 is 0. The third-order valence-corrected chi connectivity index (χ3v) is 3.13. The van der Waals surface area contributed by atoms with Gasteiger partial charge in [-0.3, -0.25) is 0 Å². The van der Waals surface area contributed by atoms with E-state index >= 15 is 0 Å². The lowest BCUT2D eigenvalue weighted by Crippen LogP contribution is -2.24. The Bertz CT molecular complexity index is 494. The van der Waals surface area contributed by atoms with E-state index in [1.165, 1.54) is 16.8 Å². The van der Waals surface area contributed by atoms with Gasteiger partial charge in [0.1, 0.15) is 0 Å². The van der Waals surface area contributed by atoms with Gasteiger partial charge in [0.05, 0.1) is 0 Å². The summed E-state index contributed by atoms with van der Waals surface area (Å²) in [4.78, 5) is 2.34. The molecule has 0 bridgehead atoms. The molecular formula is C17H22N2. The summed E-state index contributed by atoms with van der Waals surface area (Å²) >= 11 is 0. The molecule has 0 saturated carbocycles. The molecule has 0 fully saturated rings. The van der Waals surface area contributed by atoms with Gasteiger partial charge in [-0.15, -0.1) is 0 Å². The molecule has 0 saturated heterocycles. The summed E-state index contributed by atoms with van der Waals surface area (Å²) in [6, 6.07) is 19.0. The third-order valence-electron chi connectivity index (χ3n) is 3.13. The number of nitrogens with zero attached hydrogens (tertiary/aromatic N) is 1. The molecule has 0 aromatic heterocycles. The van der Waals surface area contributed by atoms with Gasteiger partial charge in [0.2, 0.25) is 0 Å². The maximum Gasteiger partial charge on any atom is 0.0340 e. The lowest BCUT2D eigenvalue weighted by molar-refractivity contribution is 0.340. The lowest BCUT2D eigenvalue weighted by Gasteiger charge is -2.17. The first kappa shape index (κ1) is 13.6. The molecule has 0 unspecified atom stereocenters. The number of anilines is 1. The molecule has 0 spiro atoms. The van der Waals surface area contributed by atoms with E-state index in [-0.39, 0.29) is 0 Å². The lowest BCUT2D eigenvalue weighted by atomic mass is 10.1. The zero-order chi connectivity index (χ0) is 13.5. The second kappa shape index (κ2) is 6.95. The zero-order valence-electron chi connectivity index (χ0n) is 11.8. The predicted octanol–water partition coefficient (Wildman–Crippen LogP) is 3.54. The molecule has 19 heavy (non-hydrogen) atoms.